The summed E-state index contributed by atoms with van der Waals surface area (Å²) in [5.74, 6) is -7.68. The minimum Gasteiger partial charge on any atom is -0.456 e. The number of methoxy groups -OCH3 is 2. The first kappa shape index (κ1) is 45.2. The molecule has 0 aliphatic carbocycles. The first-order chi connectivity index (χ1) is 27.1. The van der Waals surface area contributed by atoms with Gasteiger partial charge in [0.05, 0.1) is 12.2 Å². The largest absolute Gasteiger partial charge is 0.456 e. The molecule has 0 aromatic heterocycles. The van der Waals surface area contributed by atoms with E-state index in [0.29, 0.717) is 44.5 Å². The van der Waals surface area contributed by atoms with Gasteiger partial charge in [-0.25, -0.2) is 13.8 Å². The Morgan fingerprint density at radius 2 is 1.75 bits per heavy atom. The number of ether oxygens (including phenoxy) is 5. The summed E-state index contributed by atoms with van der Waals surface area (Å²) in [4.78, 5) is 58.0. The van der Waals surface area contributed by atoms with E-state index in [0.717, 1.165) is 31.4 Å². The van der Waals surface area contributed by atoms with Crippen LogP contribution in [0.3, 0.4) is 0 Å². The van der Waals surface area contributed by atoms with Crippen LogP contribution < -0.4 is 0 Å². The van der Waals surface area contributed by atoms with Gasteiger partial charge in [0.25, 0.3) is 11.7 Å². The number of carbonyl (C=O) groups excluding carboxylic acids is 4. The number of ketones is 2. The molecule has 0 spiro atoms. The van der Waals surface area contributed by atoms with Crippen molar-refractivity contribution in [2.24, 2.45) is 23.7 Å². The molecule has 2 bridgehead atoms. The molecule has 3 fully saturated rings. The van der Waals surface area contributed by atoms with Crippen LogP contribution in [0.1, 0.15) is 112 Å². The van der Waals surface area contributed by atoms with Gasteiger partial charge in [0.2, 0.25) is 11.3 Å². The number of fused-ring (bicyclic) bond motifs is 4. The number of hydrogen-bond acceptors (Lipinski definition) is 10. The van der Waals surface area contributed by atoms with Crippen molar-refractivity contribution in [2.45, 2.75) is 160 Å². The normalized spacial score (nSPS) is 40.8. The van der Waals surface area contributed by atoms with Gasteiger partial charge in [-0.2, -0.15) is 0 Å². The van der Waals surface area contributed by atoms with E-state index in [1.807, 2.05) is 20.8 Å². The molecule has 0 aromatic carbocycles. The smallest absolute Gasteiger partial charge is 0.329 e. The highest BCUT2D eigenvalue weighted by Crippen LogP contribution is 2.39. The number of carbonyl (C=O) groups is 4. The number of rotatable bonds is 5. The first-order valence-electron chi connectivity index (χ1n) is 21.3. The lowest BCUT2D eigenvalue weighted by molar-refractivity contribution is -0.613. The second-order valence-corrected chi connectivity index (χ2v) is 17.5. The lowest BCUT2D eigenvalue weighted by Crippen LogP contribution is -2.64. The number of amides is 1. The fraction of sp³-hybridized carbons (Fsp3) is 0.795. The van der Waals surface area contributed by atoms with Gasteiger partial charge in [-0.1, -0.05) is 33.8 Å². The Bertz CT molecular complexity index is 1560. The van der Waals surface area contributed by atoms with E-state index in [9.17, 15) is 24.3 Å². The molecule has 320 valence electrons. The van der Waals surface area contributed by atoms with E-state index in [2.05, 4.69) is 16.9 Å². The number of nitrogens with zero attached hydrogens (tertiary/aromatic N) is 2. The van der Waals surface area contributed by atoms with Crippen LogP contribution in [0.2, 0.25) is 0 Å². The van der Waals surface area contributed by atoms with Gasteiger partial charge in [0, 0.05) is 51.9 Å². The maximum atomic E-state index is 16.2. The van der Waals surface area contributed by atoms with Crippen molar-refractivity contribution in [3.63, 3.8) is 0 Å². The number of piperidine rings is 2. The van der Waals surface area contributed by atoms with Crippen LogP contribution in [0.4, 0.5) is 4.39 Å². The van der Waals surface area contributed by atoms with Gasteiger partial charge < -0.3 is 33.7 Å². The number of Topliss-reactive ketones (excluding diaryl/α,β-unsaturated/α-hetero) is 2. The molecule has 5 heterocycles. The van der Waals surface area contributed by atoms with E-state index >= 15 is 4.39 Å². The van der Waals surface area contributed by atoms with Crippen LogP contribution in [0.25, 0.3) is 0 Å². The number of aliphatic hydroxyl groups is 1. The third-order valence-corrected chi connectivity index (χ3v) is 13.5. The minimum absolute atomic E-state index is 0.0160. The zero-order valence-electron chi connectivity index (χ0n) is 35.5. The van der Waals surface area contributed by atoms with Crippen LogP contribution in [0, 0.1) is 23.7 Å². The number of hydrogen-bond donors (Lipinski definition) is 1. The van der Waals surface area contributed by atoms with E-state index in [4.69, 9.17) is 23.7 Å². The second kappa shape index (κ2) is 19.5. The molecule has 0 radical (unpaired) electrons. The zero-order valence-corrected chi connectivity index (χ0v) is 35.5. The number of esters is 1. The molecule has 12 nitrogen and oxygen atoms in total. The molecule has 1 amide bonds. The van der Waals surface area contributed by atoms with Crippen LogP contribution >= 0.6 is 0 Å². The number of alkyl halides is 1. The quantitative estimate of drug-likeness (QED) is 0.168. The third-order valence-electron chi connectivity index (χ3n) is 13.5. The van der Waals surface area contributed by atoms with Crippen LogP contribution in [-0.4, -0.2) is 133 Å². The van der Waals surface area contributed by atoms with Gasteiger partial charge in [-0.15, -0.1) is 0 Å². The number of allylic oxidation sites excluding steroid dienone is 2. The zero-order chi connectivity index (χ0) is 41.7. The Hall–Kier alpha value is -2.84. The summed E-state index contributed by atoms with van der Waals surface area (Å²) in [6.45, 7) is 12.9. The molecule has 0 aromatic rings. The van der Waals surface area contributed by atoms with Crippen LogP contribution in [0.15, 0.2) is 23.3 Å². The summed E-state index contributed by atoms with van der Waals surface area (Å²) in [5, 5.41) is 12.0. The Kier molecular flexibility index (Phi) is 15.5. The van der Waals surface area contributed by atoms with Gasteiger partial charge in [-0.05, 0) is 94.3 Å². The predicted molar refractivity (Wildman–Crippen MR) is 211 cm³/mol. The summed E-state index contributed by atoms with van der Waals surface area (Å²) >= 11 is 0. The summed E-state index contributed by atoms with van der Waals surface area (Å²) in [5.41, 5.74) is 0.854. The fourth-order valence-corrected chi connectivity index (χ4v) is 9.87. The maximum Gasteiger partial charge on any atom is 0.329 e. The molecule has 5 aliphatic heterocycles. The van der Waals surface area contributed by atoms with Crippen molar-refractivity contribution in [1.29, 1.82) is 0 Å². The second-order valence-electron chi connectivity index (χ2n) is 17.5. The molecule has 5 rings (SSSR count). The molecule has 1 N–H and O–H groups in total. The van der Waals surface area contributed by atoms with Gasteiger partial charge in [0.15, 0.2) is 6.21 Å². The molecule has 12 unspecified atom stereocenters. The van der Waals surface area contributed by atoms with E-state index in [-0.39, 0.29) is 43.9 Å². The predicted octanol–water partition coefficient (Wildman–Crippen LogP) is 5.31. The van der Waals surface area contributed by atoms with Crippen molar-refractivity contribution in [1.82, 2.24) is 4.90 Å². The average Bonchev–Trinajstić information content (AvgIpc) is 3.21. The topological polar surface area (TPSA) is 141 Å². The summed E-state index contributed by atoms with van der Waals surface area (Å²) in [7, 11) is 2.93. The molecule has 3 saturated heterocycles. The van der Waals surface area contributed by atoms with Gasteiger partial charge in [0.1, 0.15) is 50.0 Å². The maximum absolute atomic E-state index is 16.2. The van der Waals surface area contributed by atoms with Crippen molar-refractivity contribution in [3.8, 4) is 0 Å². The Morgan fingerprint density at radius 3 is 2.46 bits per heavy atom. The van der Waals surface area contributed by atoms with Gasteiger partial charge in [-0.3, -0.25) is 14.4 Å². The molecule has 5 aliphatic rings. The van der Waals surface area contributed by atoms with Crippen LogP contribution in [0.5, 0.6) is 0 Å². The molecule has 57 heavy (non-hydrogen) atoms. The Labute approximate surface area is 338 Å². The number of cyclic esters (lactones) is 1. The first-order valence-corrected chi connectivity index (χ1v) is 21.3. The van der Waals surface area contributed by atoms with Crippen molar-refractivity contribution < 1.29 is 56.9 Å². The highest BCUT2D eigenvalue weighted by molar-refractivity contribution is 6.39. The third kappa shape index (κ3) is 9.80. The number of halogens is 1. The van der Waals surface area contributed by atoms with Crippen LogP contribution in [-0.2, 0) is 42.9 Å². The highest BCUT2D eigenvalue weighted by atomic mass is 19.1. The van der Waals surface area contributed by atoms with E-state index in [1.165, 1.54) is 19.1 Å². The molecule has 0 saturated carbocycles. The lowest BCUT2D eigenvalue weighted by Gasteiger charge is -2.47. The molecular weight excluding hydrogens is 735 g/mol. The average molecular weight is 804 g/mol. The SMILES string of the molecule is CCC1/C=C(\C)C(F)C(C)CC(OC)C2OC(O)(C(=O)C(=O)N3CCCCC3C(=O)OC(C(C)=CC34CCCC[N+]3=CCOC4)C(C)CCC1=O)C(C)CC2OC. The highest BCUT2D eigenvalue weighted by Gasteiger charge is 2.57. The molecular formula is C44H68FN2O10+. The monoisotopic (exact) mass is 803 g/mol. The van der Waals surface area contributed by atoms with E-state index < -0.39 is 83.4 Å². The Balaban J connectivity index is 1.55. The van der Waals surface area contributed by atoms with Crippen molar-refractivity contribution in [3.05, 3.63) is 23.3 Å². The minimum atomic E-state index is -2.55. The summed E-state index contributed by atoms with van der Waals surface area (Å²) in [6, 6.07) is -1.07. The van der Waals surface area contributed by atoms with Crippen molar-refractivity contribution in [2.75, 3.05) is 40.5 Å². The molecule has 13 heteroatoms. The standard InChI is InChI=1S/C44H68FN2O10/c1-9-32-22-28(3)37(45)29(4)23-35(53-7)39-36(54-8)24-31(6)44(52,57-39)40(49)41(50)47-19-12-10-14-33(47)42(51)56-38(27(2)15-16-34(32)48)30(5)25-43-17-11-13-18-46(43)20-21-55-26-43/h20,22,25,27,29,31-33,35-39,52H,9-19,21,23-24,26H2,1-8H3/q+1/b28-22+,30-25?. The Morgan fingerprint density at radius 1 is 1.04 bits per heavy atom. The van der Waals surface area contributed by atoms with E-state index in [1.54, 1.807) is 26.8 Å². The lowest BCUT2D eigenvalue weighted by atomic mass is 9.81. The van der Waals surface area contributed by atoms with Crippen molar-refractivity contribution >= 4 is 29.7 Å². The summed E-state index contributed by atoms with van der Waals surface area (Å²) in [6.07, 6.45) is 7.17. The van der Waals surface area contributed by atoms with Gasteiger partial charge >= 0.3 is 5.97 Å². The summed E-state index contributed by atoms with van der Waals surface area (Å²) < 4.78 is 48.7. The fourth-order valence-electron chi connectivity index (χ4n) is 9.87. The molecule has 12 atom stereocenters.